The number of benzene rings is 1. The molecule has 3 heterocycles. The Balaban J connectivity index is 1.68. The molecular weight excluding hydrogens is 311 g/mol. The maximum absolute atomic E-state index is 13.5. The molecule has 0 atom stereocenters. The zero-order chi connectivity index (χ0) is 16.5. The van der Waals surface area contributed by atoms with E-state index in [-0.39, 0.29) is 5.82 Å². The number of ether oxygens (including phenoxy) is 1. The van der Waals surface area contributed by atoms with Gasteiger partial charge in [0.25, 0.3) is 0 Å². The second-order valence-electron chi connectivity index (χ2n) is 5.53. The van der Waals surface area contributed by atoms with Crippen LogP contribution in [0.1, 0.15) is 11.3 Å². The van der Waals surface area contributed by atoms with Gasteiger partial charge in [-0.3, -0.25) is 0 Å². The molecule has 0 aliphatic carbocycles. The van der Waals surface area contributed by atoms with Gasteiger partial charge in [0.1, 0.15) is 29.4 Å². The number of halogens is 1. The van der Waals surface area contributed by atoms with E-state index >= 15 is 0 Å². The number of rotatable bonds is 3. The van der Waals surface area contributed by atoms with Crippen LogP contribution >= 0.6 is 0 Å². The normalized spacial score (nSPS) is 13.7. The van der Waals surface area contributed by atoms with Gasteiger partial charge in [-0.1, -0.05) is 17.3 Å². The maximum Gasteiger partial charge on any atom is 0.218 e. The van der Waals surface area contributed by atoms with E-state index in [1.54, 1.807) is 19.2 Å². The summed E-state index contributed by atoms with van der Waals surface area (Å²) in [5.41, 5.74) is 2.35. The topological polar surface area (TPSA) is 64.3 Å². The van der Waals surface area contributed by atoms with E-state index in [4.69, 9.17) is 9.26 Å². The van der Waals surface area contributed by atoms with Crippen molar-refractivity contribution in [3.05, 3.63) is 53.8 Å². The lowest BCUT2D eigenvalue weighted by Crippen LogP contribution is -2.30. The first-order chi connectivity index (χ1) is 11.7. The highest BCUT2D eigenvalue weighted by molar-refractivity contribution is 5.65. The fraction of sp³-hybridized carbons (Fsp3) is 0.235. The molecule has 0 spiro atoms. The van der Waals surface area contributed by atoms with Gasteiger partial charge in [0.2, 0.25) is 5.88 Å². The minimum atomic E-state index is -0.294. The maximum atomic E-state index is 13.5. The van der Waals surface area contributed by atoms with Crippen LogP contribution in [-0.2, 0) is 13.0 Å². The molecule has 7 heteroatoms. The smallest absolute Gasteiger partial charge is 0.218 e. The van der Waals surface area contributed by atoms with Crippen LogP contribution in [0.25, 0.3) is 11.3 Å². The Morgan fingerprint density at radius 1 is 1.25 bits per heavy atom. The fourth-order valence-electron chi connectivity index (χ4n) is 2.88. The number of hydrogen-bond donors (Lipinski definition) is 0. The Hall–Kier alpha value is -2.96. The molecule has 0 amide bonds. The van der Waals surface area contributed by atoms with Gasteiger partial charge in [0.05, 0.1) is 13.7 Å². The van der Waals surface area contributed by atoms with Gasteiger partial charge in [-0.25, -0.2) is 14.4 Å². The van der Waals surface area contributed by atoms with Crippen molar-refractivity contribution in [2.24, 2.45) is 0 Å². The van der Waals surface area contributed by atoms with Crippen molar-refractivity contribution in [3.63, 3.8) is 0 Å². The molecule has 0 N–H and O–H groups in total. The number of aromatic nitrogens is 3. The summed E-state index contributed by atoms with van der Waals surface area (Å²) in [6.45, 7) is 1.34. The molecule has 1 aromatic carbocycles. The summed E-state index contributed by atoms with van der Waals surface area (Å²) in [6, 6.07) is 8.16. The lowest BCUT2D eigenvalue weighted by atomic mass is 10.0. The van der Waals surface area contributed by atoms with E-state index in [9.17, 15) is 4.39 Å². The lowest BCUT2D eigenvalue weighted by molar-refractivity contribution is 0.378. The van der Waals surface area contributed by atoms with Crippen LogP contribution in [0, 0.1) is 5.82 Å². The number of fused-ring (bicyclic) bond motifs is 1. The van der Waals surface area contributed by atoms with Crippen molar-refractivity contribution in [1.29, 1.82) is 0 Å². The number of hydrogen-bond acceptors (Lipinski definition) is 6. The van der Waals surface area contributed by atoms with Crippen molar-refractivity contribution in [2.45, 2.75) is 13.0 Å². The summed E-state index contributed by atoms with van der Waals surface area (Å²) >= 11 is 0. The third kappa shape index (κ3) is 2.58. The number of anilines is 1. The number of nitrogens with zero attached hydrogens (tertiary/aromatic N) is 4. The van der Waals surface area contributed by atoms with Crippen LogP contribution < -0.4 is 9.64 Å². The summed E-state index contributed by atoms with van der Waals surface area (Å²) in [7, 11) is 1.57. The van der Waals surface area contributed by atoms with Crippen molar-refractivity contribution in [3.8, 4) is 17.1 Å². The molecule has 0 bridgehead atoms. The van der Waals surface area contributed by atoms with E-state index in [2.05, 4.69) is 20.0 Å². The van der Waals surface area contributed by atoms with E-state index in [0.717, 1.165) is 23.7 Å². The lowest BCUT2D eigenvalue weighted by Gasteiger charge is -2.27. The quantitative estimate of drug-likeness (QED) is 0.737. The molecule has 24 heavy (non-hydrogen) atoms. The first-order valence-corrected chi connectivity index (χ1v) is 7.59. The van der Waals surface area contributed by atoms with Gasteiger partial charge in [0.15, 0.2) is 0 Å². The van der Waals surface area contributed by atoms with Gasteiger partial charge < -0.3 is 14.2 Å². The monoisotopic (exact) mass is 326 g/mol. The predicted molar refractivity (Wildman–Crippen MR) is 85.2 cm³/mol. The molecule has 4 rings (SSSR count). The molecule has 0 radical (unpaired) electrons. The van der Waals surface area contributed by atoms with Crippen LogP contribution in [0.3, 0.4) is 0 Å². The third-order valence-corrected chi connectivity index (χ3v) is 4.09. The van der Waals surface area contributed by atoms with Crippen molar-refractivity contribution >= 4 is 5.82 Å². The standard InChI is InChI=1S/C17H15FN4O2/c1-23-16-8-15(19-10-20-16)22-6-5-14-13(9-22)17(21-24-14)11-3-2-4-12(18)7-11/h2-4,7-8,10H,5-6,9H2,1H3. The second kappa shape index (κ2) is 5.92. The molecule has 122 valence electrons. The SMILES string of the molecule is COc1cc(N2CCc3onc(-c4cccc(F)c4)c3C2)ncn1. The highest BCUT2D eigenvalue weighted by Crippen LogP contribution is 2.32. The summed E-state index contributed by atoms with van der Waals surface area (Å²) in [5, 5.41) is 4.15. The molecule has 0 unspecified atom stereocenters. The van der Waals surface area contributed by atoms with E-state index in [1.807, 2.05) is 6.07 Å². The molecule has 0 saturated heterocycles. The Labute approximate surface area is 137 Å². The zero-order valence-corrected chi connectivity index (χ0v) is 13.1. The highest BCUT2D eigenvalue weighted by Gasteiger charge is 2.26. The molecule has 1 aliphatic rings. The van der Waals surface area contributed by atoms with Crippen molar-refractivity contribution in [2.75, 3.05) is 18.6 Å². The Kier molecular flexibility index (Phi) is 3.60. The Morgan fingerprint density at radius 2 is 2.17 bits per heavy atom. The van der Waals surface area contributed by atoms with Crippen LogP contribution in [0.15, 0.2) is 41.2 Å². The minimum Gasteiger partial charge on any atom is -0.481 e. The summed E-state index contributed by atoms with van der Waals surface area (Å²) in [6.07, 6.45) is 2.19. The number of methoxy groups -OCH3 is 1. The first kappa shape index (κ1) is 14.6. The zero-order valence-electron chi connectivity index (χ0n) is 13.1. The summed E-state index contributed by atoms with van der Waals surface area (Å²) in [5.74, 6) is 1.84. The Bertz CT molecular complexity index is 881. The van der Waals surface area contributed by atoms with E-state index in [1.165, 1.54) is 18.5 Å². The molecule has 6 nitrogen and oxygen atoms in total. The summed E-state index contributed by atoms with van der Waals surface area (Å²) in [4.78, 5) is 10.4. The highest BCUT2D eigenvalue weighted by atomic mass is 19.1. The minimum absolute atomic E-state index is 0.294. The van der Waals surface area contributed by atoms with E-state index in [0.29, 0.717) is 30.1 Å². The van der Waals surface area contributed by atoms with Gasteiger partial charge in [-0.2, -0.15) is 0 Å². The average molecular weight is 326 g/mol. The van der Waals surface area contributed by atoms with Crippen molar-refractivity contribution in [1.82, 2.24) is 15.1 Å². The second-order valence-corrected chi connectivity index (χ2v) is 5.53. The van der Waals surface area contributed by atoms with Crippen molar-refractivity contribution < 1.29 is 13.7 Å². The van der Waals surface area contributed by atoms with Crippen LogP contribution in [0.5, 0.6) is 5.88 Å². The first-order valence-electron chi connectivity index (χ1n) is 7.59. The fourth-order valence-corrected chi connectivity index (χ4v) is 2.88. The molecule has 0 saturated carbocycles. The largest absolute Gasteiger partial charge is 0.481 e. The van der Waals surface area contributed by atoms with Gasteiger partial charge >= 0.3 is 0 Å². The van der Waals surface area contributed by atoms with Gasteiger partial charge in [0, 0.05) is 30.2 Å². The van der Waals surface area contributed by atoms with Gasteiger partial charge in [-0.05, 0) is 12.1 Å². The molecular formula is C17H15FN4O2. The predicted octanol–water partition coefficient (Wildman–Crippen LogP) is 2.84. The molecule has 3 aromatic rings. The van der Waals surface area contributed by atoms with Crippen LogP contribution in [0.2, 0.25) is 0 Å². The van der Waals surface area contributed by atoms with Gasteiger partial charge in [-0.15, -0.1) is 0 Å². The van der Waals surface area contributed by atoms with E-state index < -0.39 is 0 Å². The van der Waals surface area contributed by atoms with Crippen LogP contribution in [0.4, 0.5) is 10.2 Å². The third-order valence-electron chi connectivity index (χ3n) is 4.09. The molecule has 0 fully saturated rings. The molecule has 2 aromatic heterocycles. The Morgan fingerprint density at radius 3 is 3.00 bits per heavy atom. The molecule has 1 aliphatic heterocycles. The average Bonchev–Trinajstić information content (AvgIpc) is 3.05. The van der Waals surface area contributed by atoms with Crippen LogP contribution in [-0.4, -0.2) is 28.8 Å². The summed E-state index contributed by atoms with van der Waals surface area (Å²) < 4.78 is 24.1.